The van der Waals surface area contributed by atoms with Gasteiger partial charge < -0.3 is 15.4 Å². The van der Waals surface area contributed by atoms with E-state index in [-0.39, 0.29) is 28.8 Å². The molecule has 0 spiro atoms. The molecule has 120 valence electrons. The minimum absolute atomic E-state index is 0.169. The molecule has 1 fully saturated rings. The van der Waals surface area contributed by atoms with Crippen molar-refractivity contribution in [1.29, 1.82) is 0 Å². The summed E-state index contributed by atoms with van der Waals surface area (Å²) >= 11 is 6.32. The Morgan fingerprint density at radius 2 is 2.36 bits per heavy atom. The quantitative estimate of drug-likeness (QED) is 0.635. The third kappa shape index (κ3) is 4.44. The maximum absolute atomic E-state index is 12.1. The zero-order valence-corrected chi connectivity index (χ0v) is 14.2. The van der Waals surface area contributed by atoms with Crippen LogP contribution in [0.15, 0.2) is 5.51 Å². The van der Waals surface area contributed by atoms with Crippen molar-refractivity contribution in [2.45, 2.75) is 39.2 Å². The lowest BCUT2D eigenvalue weighted by Gasteiger charge is -2.16. The van der Waals surface area contributed by atoms with Gasteiger partial charge in [-0.2, -0.15) is 0 Å². The summed E-state index contributed by atoms with van der Waals surface area (Å²) in [7, 11) is 0. The van der Waals surface area contributed by atoms with Crippen molar-refractivity contribution in [1.82, 2.24) is 15.5 Å². The van der Waals surface area contributed by atoms with Crippen LogP contribution in [-0.2, 0) is 14.3 Å². The van der Waals surface area contributed by atoms with Gasteiger partial charge in [-0.15, -0.1) is 10.2 Å². The lowest BCUT2D eigenvalue weighted by molar-refractivity contribution is -0.148. The van der Waals surface area contributed by atoms with Crippen molar-refractivity contribution < 1.29 is 14.3 Å². The molecule has 2 N–H and O–H groups in total. The van der Waals surface area contributed by atoms with Gasteiger partial charge in [0, 0.05) is 5.92 Å². The normalized spacial score (nSPS) is 21.0. The maximum Gasteiger partial charge on any atom is 0.309 e. The van der Waals surface area contributed by atoms with E-state index in [1.807, 2.05) is 13.8 Å². The molecule has 7 nitrogen and oxygen atoms in total. The maximum atomic E-state index is 12.1. The van der Waals surface area contributed by atoms with E-state index in [0.717, 1.165) is 0 Å². The predicted octanol–water partition coefficient (Wildman–Crippen LogP) is 1.72. The Morgan fingerprint density at radius 1 is 1.64 bits per heavy atom. The molecule has 2 atom stereocenters. The first-order valence-electron chi connectivity index (χ1n) is 6.88. The van der Waals surface area contributed by atoms with Crippen molar-refractivity contribution in [3.05, 3.63) is 5.51 Å². The molecular weight excluding hydrogens is 324 g/mol. The molecule has 0 saturated carbocycles. The summed E-state index contributed by atoms with van der Waals surface area (Å²) in [5.41, 5.74) is 1.11. The lowest BCUT2D eigenvalue weighted by Crippen LogP contribution is -2.38. The van der Waals surface area contributed by atoms with Gasteiger partial charge in [-0.3, -0.25) is 9.59 Å². The van der Waals surface area contributed by atoms with E-state index in [2.05, 4.69) is 20.8 Å². The minimum Gasteiger partial charge on any atom is -0.459 e. The Labute approximate surface area is 137 Å². The van der Waals surface area contributed by atoms with Crippen molar-refractivity contribution in [2.24, 2.45) is 11.8 Å². The Hall–Kier alpha value is -1.61. The largest absolute Gasteiger partial charge is 0.459 e. The predicted molar refractivity (Wildman–Crippen MR) is 86.3 cm³/mol. The number of nitrogens with zero attached hydrogens (tertiary/aromatic N) is 2. The molecule has 2 heterocycles. The molecule has 1 saturated heterocycles. The average Bonchev–Trinajstić information content (AvgIpc) is 2.97. The second kappa shape index (κ2) is 6.66. The van der Waals surface area contributed by atoms with Gasteiger partial charge in [0.1, 0.15) is 11.1 Å². The van der Waals surface area contributed by atoms with Crippen LogP contribution in [0, 0.1) is 11.8 Å². The molecule has 0 bridgehead atoms. The van der Waals surface area contributed by atoms with Crippen LogP contribution < -0.4 is 10.6 Å². The summed E-state index contributed by atoms with van der Waals surface area (Å²) in [6.07, 6.45) is 1.06. The first-order valence-corrected chi connectivity index (χ1v) is 8.16. The molecule has 0 aromatic carbocycles. The number of aromatic nitrogens is 2. The summed E-state index contributed by atoms with van der Waals surface area (Å²) in [6.45, 7) is 5.51. The summed E-state index contributed by atoms with van der Waals surface area (Å²) in [6, 6.07) is 0. The Morgan fingerprint density at radius 3 is 2.91 bits per heavy atom. The van der Waals surface area contributed by atoms with Gasteiger partial charge in [0.15, 0.2) is 5.11 Å². The monoisotopic (exact) mass is 342 g/mol. The third-order valence-corrected chi connectivity index (χ3v) is 4.16. The molecule has 22 heavy (non-hydrogen) atoms. The number of nitrogens with one attached hydrogen (secondary N) is 2. The molecule has 2 unspecified atom stereocenters. The molecule has 0 aliphatic carbocycles. The van der Waals surface area contributed by atoms with Crippen LogP contribution in [0.3, 0.4) is 0 Å². The fraction of sp³-hybridized carbons (Fsp3) is 0.615. The van der Waals surface area contributed by atoms with Gasteiger partial charge in [0.2, 0.25) is 11.0 Å². The number of hydrogen-bond acceptors (Lipinski definition) is 7. The molecular formula is C13H18N4O3S2. The fourth-order valence-electron chi connectivity index (χ4n) is 2.38. The van der Waals surface area contributed by atoms with Gasteiger partial charge >= 0.3 is 5.97 Å². The molecule has 1 aromatic rings. The van der Waals surface area contributed by atoms with Crippen LogP contribution in [0.2, 0.25) is 0 Å². The first-order chi connectivity index (χ1) is 10.3. The van der Waals surface area contributed by atoms with Gasteiger partial charge in [0.25, 0.3) is 0 Å². The van der Waals surface area contributed by atoms with Crippen LogP contribution >= 0.6 is 23.6 Å². The zero-order valence-electron chi connectivity index (χ0n) is 12.6. The van der Waals surface area contributed by atoms with Gasteiger partial charge in [-0.05, 0) is 38.9 Å². The standard InChI is InChI=1S/C13H18N4O3S2/c1-7(4-8-5-13(2,3)20-10(8)19)9(18)15-11(21)16-12-17-14-6-22-12/h6-8H,4-5H2,1-3H3,(H2,15,16,17,18,21). The fourth-order valence-corrected chi connectivity index (χ4v) is 3.09. The van der Waals surface area contributed by atoms with Crippen molar-refractivity contribution in [2.75, 3.05) is 5.32 Å². The number of amides is 1. The van der Waals surface area contributed by atoms with E-state index in [4.69, 9.17) is 17.0 Å². The second-order valence-corrected chi connectivity index (χ2v) is 7.15. The number of thiocarbonyl (C=S) groups is 1. The van der Waals surface area contributed by atoms with E-state index in [1.165, 1.54) is 11.3 Å². The van der Waals surface area contributed by atoms with Crippen molar-refractivity contribution in [3.63, 3.8) is 0 Å². The van der Waals surface area contributed by atoms with E-state index in [9.17, 15) is 9.59 Å². The van der Waals surface area contributed by atoms with E-state index < -0.39 is 5.60 Å². The van der Waals surface area contributed by atoms with Crippen LogP contribution in [-0.4, -0.2) is 32.8 Å². The third-order valence-electron chi connectivity index (χ3n) is 3.35. The number of esters is 1. The highest BCUT2D eigenvalue weighted by Crippen LogP contribution is 2.34. The summed E-state index contributed by atoms with van der Waals surface area (Å²) < 4.78 is 5.27. The number of anilines is 1. The minimum atomic E-state index is -0.452. The molecule has 9 heteroatoms. The highest BCUT2D eigenvalue weighted by molar-refractivity contribution is 7.80. The Balaban J connectivity index is 1.82. The van der Waals surface area contributed by atoms with Gasteiger partial charge in [-0.25, -0.2) is 0 Å². The zero-order chi connectivity index (χ0) is 16.3. The molecule has 1 aliphatic heterocycles. The van der Waals surface area contributed by atoms with E-state index in [1.54, 1.807) is 12.4 Å². The highest BCUT2D eigenvalue weighted by Gasteiger charge is 2.41. The van der Waals surface area contributed by atoms with Crippen molar-refractivity contribution >= 4 is 45.7 Å². The number of carbonyl (C=O) groups is 2. The number of cyclic esters (lactones) is 1. The van der Waals surface area contributed by atoms with Crippen LogP contribution in [0.5, 0.6) is 0 Å². The first kappa shape index (κ1) is 16.8. The van der Waals surface area contributed by atoms with Crippen molar-refractivity contribution in [3.8, 4) is 0 Å². The molecule has 1 aromatic heterocycles. The second-order valence-electron chi connectivity index (χ2n) is 5.91. The lowest BCUT2D eigenvalue weighted by atomic mass is 9.89. The van der Waals surface area contributed by atoms with Crippen LogP contribution in [0.25, 0.3) is 0 Å². The number of ether oxygens (including phenoxy) is 1. The van der Waals surface area contributed by atoms with E-state index >= 15 is 0 Å². The number of hydrogen-bond donors (Lipinski definition) is 2. The number of rotatable bonds is 4. The Kier molecular flexibility index (Phi) is 5.07. The highest BCUT2D eigenvalue weighted by atomic mass is 32.1. The summed E-state index contributed by atoms with van der Waals surface area (Å²) in [5.74, 6) is -1.07. The van der Waals surface area contributed by atoms with Gasteiger partial charge in [-0.1, -0.05) is 18.3 Å². The molecule has 1 amide bonds. The SMILES string of the molecule is CC(CC1CC(C)(C)OC1=O)C(=O)NC(=S)Nc1nncs1. The molecule has 1 aliphatic rings. The Bertz CT molecular complexity index is 574. The molecule has 0 radical (unpaired) electrons. The van der Waals surface area contributed by atoms with Crippen LogP contribution in [0.1, 0.15) is 33.6 Å². The van der Waals surface area contributed by atoms with Crippen LogP contribution in [0.4, 0.5) is 5.13 Å². The topological polar surface area (TPSA) is 93.2 Å². The van der Waals surface area contributed by atoms with E-state index in [0.29, 0.717) is 18.0 Å². The summed E-state index contributed by atoms with van der Waals surface area (Å²) in [5, 5.41) is 13.5. The number of carbonyl (C=O) groups excluding carboxylic acids is 2. The smallest absolute Gasteiger partial charge is 0.309 e. The summed E-state index contributed by atoms with van der Waals surface area (Å²) in [4.78, 5) is 23.9. The van der Waals surface area contributed by atoms with Gasteiger partial charge in [0.05, 0.1) is 5.92 Å². The molecule has 2 rings (SSSR count). The average molecular weight is 342 g/mol.